The third-order valence-corrected chi connectivity index (χ3v) is 2.90. The molecular formula is C9H13ClO3S. The quantitative estimate of drug-likeness (QED) is 0.741. The lowest BCUT2D eigenvalue weighted by Crippen LogP contribution is -2.12. The van der Waals surface area contributed by atoms with Gasteiger partial charge in [0.1, 0.15) is 5.76 Å². The van der Waals surface area contributed by atoms with Crippen LogP contribution < -0.4 is 0 Å². The number of thioether (sulfide) groups is 1. The summed E-state index contributed by atoms with van der Waals surface area (Å²) in [5, 5.41) is 18.0. The summed E-state index contributed by atoms with van der Waals surface area (Å²) in [5.74, 6) is 2.36. The lowest BCUT2D eigenvalue weighted by molar-refractivity contribution is 0.0932. The highest BCUT2D eigenvalue weighted by atomic mass is 35.5. The SMILES string of the molecule is OCC(O)CCSCc1ccc(Cl)o1. The third-order valence-electron chi connectivity index (χ3n) is 1.68. The Bertz CT molecular complexity index is 264. The first kappa shape index (κ1) is 11.9. The Hall–Kier alpha value is -0.160. The van der Waals surface area contributed by atoms with Crippen molar-refractivity contribution in [2.75, 3.05) is 12.4 Å². The fourth-order valence-electron chi connectivity index (χ4n) is 0.913. The van der Waals surface area contributed by atoms with Crippen LogP contribution in [0.4, 0.5) is 0 Å². The fraction of sp³-hybridized carbons (Fsp3) is 0.556. The van der Waals surface area contributed by atoms with E-state index in [0.717, 1.165) is 17.3 Å². The summed E-state index contributed by atoms with van der Waals surface area (Å²) in [4.78, 5) is 0. The number of furan rings is 1. The van der Waals surface area contributed by atoms with Crippen LogP contribution in [0.25, 0.3) is 0 Å². The minimum atomic E-state index is -0.609. The molecule has 0 saturated heterocycles. The molecule has 0 bridgehead atoms. The minimum Gasteiger partial charge on any atom is -0.449 e. The van der Waals surface area contributed by atoms with Gasteiger partial charge in [-0.1, -0.05) is 0 Å². The molecule has 0 aliphatic carbocycles. The second-order valence-corrected chi connectivity index (χ2v) is 4.36. The van der Waals surface area contributed by atoms with Crippen molar-refractivity contribution >= 4 is 23.4 Å². The highest BCUT2D eigenvalue weighted by molar-refractivity contribution is 7.98. The van der Waals surface area contributed by atoms with Gasteiger partial charge in [0.25, 0.3) is 0 Å². The van der Waals surface area contributed by atoms with E-state index in [1.807, 2.05) is 6.07 Å². The van der Waals surface area contributed by atoms with Crippen molar-refractivity contribution < 1.29 is 14.6 Å². The van der Waals surface area contributed by atoms with Gasteiger partial charge in [0.05, 0.1) is 18.5 Å². The molecule has 0 saturated carbocycles. The average molecular weight is 237 g/mol. The molecule has 0 aliphatic rings. The smallest absolute Gasteiger partial charge is 0.193 e. The molecule has 1 atom stereocenters. The molecule has 0 aromatic carbocycles. The number of hydrogen-bond acceptors (Lipinski definition) is 4. The first-order chi connectivity index (χ1) is 6.72. The molecule has 0 fully saturated rings. The first-order valence-electron chi connectivity index (χ1n) is 4.33. The first-order valence-corrected chi connectivity index (χ1v) is 5.86. The van der Waals surface area contributed by atoms with Crippen LogP contribution in [0.1, 0.15) is 12.2 Å². The summed E-state index contributed by atoms with van der Waals surface area (Å²) in [6.45, 7) is -0.173. The standard InChI is InChI=1S/C9H13ClO3S/c10-9-2-1-8(13-9)6-14-4-3-7(12)5-11/h1-2,7,11-12H,3-6H2. The maximum Gasteiger partial charge on any atom is 0.193 e. The van der Waals surface area contributed by atoms with E-state index in [4.69, 9.17) is 26.2 Å². The van der Waals surface area contributed by atoms with Crippen molar-refractivity contribution in [1.82, 2.24) is 0 Å². The van der Waals surface area contributed by atoms with Crippen LogP contribution >= 0.6 is 23.4 Å². The number of halogens is 1. The van der Waals surface area contributed by atoms with E-state index < -0.39 is 6.10 Å². The van der Waals surface area contributed by atoms with Crippen LogP contribution in [0, 0.1) is 0 Å². The lowest BCUT2D eigenvalue weighted by atomic mass is 10.3. The number of rotatable bonds is 6. The van der Waals surface area contributed by atoms with E-state index in [2.05, 4.69) is 0 Å². The zero-order valence-electron chi connectivity index (χ0n) is 7.65. The Balaban J connectivity index is 2.10. The Morgan fingerprint density at radius 2 is 2.29 bits per heavy atom. The summed E-state index contributed by atoms with van der Waals surface area (Å²) in [5.41, 5.74) is 0. The number of aliphatic hydroxyl groups is 2. The van der Waals surface area contributed by atoms with Crippen molar-refractivity contribution in [3.8, 4) is 0 Å². The highest BCUT2D eigenvalue weighted by Crippen LogP contribution is 2.19. The maximum atomic E-state index is 9.05. The highest BCUT2D eigenvalue weighted by Gasteiger charge is 2.03. The van der Waals surface area contributed by atoms with Crippen LogP contribution in [0.15, 0.2) is 16.5 Å². The molecule has 1 heterocycles. The van der Waals surface area contributed by atoms with Gasteiger partial charge in [-0.15, -0.1) is 0 Å². The predicted octanol–water partition coefficient (Wildman–Crippen LogP) is 1.91. The number of hydrogen-bond donors (Lipinski definition) is 2. The summed E-state index contributed by atoms with van der Waals surface area (Å²) < 4.78 is 5.15. The van der Waals surface area contributed by atoms with E-state index >= 15 is 0 Å². The van der Waals surface area contributed by atoms with E-state index in [9.17, 15) is 0 Å². The molecule has 1 aromatic rings. The Kier molecular flexibility index (Phi) is 5.40. The lowest BCUT2D eigenvalue weighted by Gasteiger charge is -2.04. The summed E-state index contributed by atoms with van der Waals surface area (Å²) in [6, 6.07) is 3.54. The molecule has 1 unspecified atom stereocenters. The summed E-state index contributed by atoms with van der Waals surface area (Å²) >= 11 is 7.24. The van der Waals surface area contributed by atoms with Gasteiger partial charge in [-0.3, -0.25) is 0 Å². The zero-order chi connectivity index (χ0) is 10.4. The molecule has 3 nitrogen and oxygen atoms in total. The molecular weight excluding hydrogens is 224 g/mol. The van der Waals surface area contributed by atoms with Crippen LogP contribution in [0.2, 0.25) is 5.22 Å². The Labute approximate surface area is 92.1 Å². The summed E-state index contributed by atoms with van der Waals surface area (Å²) in [7, 11) is 0. The van der Waals surface area contributed by atoms with Crippen molar-refractivity contribution in [2.24, 2.45) is 0 Å². The van der Waals surface area contributed by atoms with Gasteiger partial charge >= 0.3 is 0 Å². The molecule has 2 N–H and O–H groups in total. The minimum absolute atomic E-state index is 0.173. The molecule has 14 heavy (non-hydrogen) atoms. The maximum absolute atomic E-state index is 9.05. The van der Waals surface area contributed by atoms with Gasteiger partial charge in [0.15, 0.2) is 5.22 Å². The van der Waals surface area contributed by atoms with Crippen molar-refractivity contribution in [2.45, 2.75) is 18.3 Å². The Morgan fingerprint density at radius 1 is 1.50 bits per heavy atom. The second-order valence-electron chi connectivity index (χ2n) is 2.88. The third kappa shape index (κ3) is 4.37. The van der Waals surface area contributed by atoms with Gasteiger partial charge in [0, 0.05) is 0 Å². The monoisotopic (exact) mass is 236 g/mol. The summed E-state index contributed by atoms with van der Waals surface area (Å²) in [6.07, 6.45) is -0.0158. The molecule has 1 rings (SSSR count). The predicted molar refractivity (Wildman–Crippen MR) is 57.6 cm³/mol. The van der Waals surface area contributed by atoms with Crippen LogP contribution in [0.5, 0.6) is 0 Å². The average Bonchev–Trinajstić information content (AvgIpc) is 2.58. The number of aliphatic hydroxyl groups excluding tert-OH is 2. The molecule has 0 aliphatic heterocycles. The normalized spacial score (nSPS) is 13.1. The largest absolute Gasteiger partial charge is 0.449 e. The molecule has 0 spiro atoms. The van der Waals surface area contributed by atoms with E-state index in [-0.39, 0.29) is 6.61 Å². The van der Waals surface area contributed by atoms with Crippen LogP contribution in [-0.2, 0) is 5.75 Å². The van der Waals surface area contributed by atoms with Crippen LogP contribution in [-0.4, -0.2) is 28.7 Å². The fourth-order valence-corrected chi connectivity index (χ4v) is 2.01. The molecule has 5 heteroatoms. The molecule has 80 valence electrons. The molecule has 0 amide bonds. The van der Waals surface area contributed by atoms with Crippen molar-refractivity contribution in [3.63, 3.8) is 0 Å². The van der Waals surface area contributed by atoms with Gasteiger partial charge in [0.2, 0.25) is 0 Å². The topological polar surface area (TPSA) is 53.6 Å². The Morgan fingerprint density at radius 3 is 2.86 bits per heavy atom. The molecule has 0 radical (unpaired) electrons. The molecule has 1 aromatic heterocycles. The van der Waals surface area contributed by atoms with Crippen molar-refractivity contribution in [1.29, 1.82) is 0 Å². The van der Waals surface area contributed by atoms with E-state index in [1.54, 1.807) is 17.8 Å². The van der Waals surface area contributed by atoms with Gasteiger partial charge < -0.3 is 14.6 Å². The van der Waals surface area contributed by atoms with Gasteiger partial charge in [-0.25, -0.2) is 0 Å². The zero-order valence-corrected chi connectivity index (χ0v) is 9.22. The van der Waals surface area contributed by atoms with Gasteiger partial charge in [-0.05, 0) is 35.9 Å². The van der Waals surface area contributed by atoms with E-state index in [1.165, 1.54) is 0 Å². The van der Waals surface area contributed by atoms with E-state index in [0.29, 0.717) is 11.6 Å². The van der Waals surface area contributed by atoms with Crippen LogP contribution in [0.3, 0.4) is 0 Å². The van der Waals surface area contributed by atoms with Gasteiger partial charge in [-0.2, -0.15) is 11.8 Å². The second kappa shape index (κ2) is 6.35. The van der Waals surface area contributed by atoms with Crippen molar-refractivity contribution in [3.05, 3.63) is 23.1 Å².